The maximum Gasteiger partial charge on any atom is 0.321 e. The van der Waals surface area contributed by atoms with Gasteiger partial charge >= 0.3 is 5.97 Å². The summed E-state index contributed by atoms with van der Waals surface area (Å²) in [5, 5.41) is 9.41. The molecule has 0 spiro atoms. The molecule has 2 rings (SSSR count). The number of benzene rings is 1. The maximum absolute atomic E-state index is 11.4. The fourth-order valence-corrected chi connectivity index (χ4v) is 2.64. The molecule has 0 saturated heterocycles. The van der Waals surface area contributed by atoms with E-state index in [0.29, 0.717) is 39.3 Å². The van der Waals surface area contributed by atoms with Gasteiger partial charge in [0, 0.05) is 33.4 Å². The molecule has 0 aromatic heterocycles. The number of carboxylic acid groups (broad SMARTS) is 1. The monoisotopic (exact) mass is 293 g/mol. The quantitative estimate of drug-likeness (QED) is 0.737. The Hall–Kier alpha value is -1.43. The van der Waals surface area contributed by atoms with E-state index in [0.717, 1.165) is 12.0 Å². The molecule has 1 N–H and O–H groups in total. The van der Waals surface area contributed by atoms with Crippen LogP contribution in [0.15, 0.2) is 24.3 Å². The van der Waals surface area contributed by atoms with Crippen LogP contribution in [0.5, 0.6) is 0 Å². The highest BCUT2D eigenvalue weighted by Gasteiger charge is 2.30. The molecule has 1 aliphatic rings. The van der Waals surface area contributed by atoms with Crippen molar-refractivity contribution < 1.29 is 19.4 Å². The van der Waals surface area contributed by atoms with Gasteiger partial charge in [0.05, 0.1) is 6.61 Å². The first-order chi connectivity index (χ1) is 10.2. The zero-order chi connectivity index (χ0) is 15.1. The van der Waals surface area contributed by atoms with Gasteiger partial charge in [-0.25, -0.2) is 0 Å². The summed E-state index contributed by atoms with van der Waals surface area (Å²) >= 11 is 0. The number of aliphatic carboxylic acids is 1. The number of nitrogens with zero attached hydrogens (tertiary/aromatic N) is 1. The molecule has 0 unspecified atom stereocenters. The molecule has 0 radical (unpaired) electrons. The predicted molar refractivity (Wildman–Crippen MR) is 79.3 cm³/mol. The summed E-state index contributed by atoms with van der Waals surface area (Å²) in [6, 6.07) is 7.59. The summed E-state index contributed by atoms with van der Waals surface area (Å²) in [6.45, 7) is 3.20. The van der Waals surface area contributed by atoms with Gasteiger partial charge in [-0.3, -0.25) is 9.69 Å². The lowest BCUT2D eigenvalue weighted by atomic mass is 9.94. The molecule has 5 nitrogen and oxygen atoms in total. The van der Waals surface area contributed by atoms with Crippen molar-refractivity contribution in [2.24, 2.45) is 0 Å². The van der Waals surface area contributed by atoms with Crippen LogP contribution in [-0.4, -0.2) is 55.5 Å². The molecule has 0 fully saturated rings. The van der Waals surface area contributed by atoms with E-state index in [1.54, 1.807) is 7.11 Å². The number of rotatable bonds is 8. The molecule has 0 bridgehead atoms. The van der Waals surface area contributed by atoms with Gasteiger partial charge in [0.2, 0.25) is 0 Å². The lowest BCUT2D eigenvalue weighted by Crippen LogP contribution is -2.46. The number of hydrogen-bond acceptors (Lipinski definition) is 4. The highest BCUT2D eigenvalue weighted by Crippen LogP contribution is 2.23. The van der Waals surface area contributed by atoms with E-state index in [4.69, 9.17) is 9.47 Å². The van der Waals surface area contributed by atoms with Crippen LogP contribution < -0.4 is 0 Å². The van der Waals surface area contributed by atoms with E-state index in [1.165, 1.54) is 5.56 Å². The molecular formula is C16H23NO4. The highest BCUT2D eigenvalue weighted by atomic mass is 16.5. The molecule has 0 saturated carbocycles. The Labute approximate surface area is 125 Å². The van der Waals surface area contributed by atoms with Crippen molar-refractivity contribution in [1.29, 1.82) is 0 Å². The number of fused-ring (bicyclic) bond motifs is 1. The largest absolute Gasteiger partial charge is 0.480 e. The van der Waals surface area contributed by atoms with Crippen LogP contribution in [0.25, 0.3) is 0 Å². The van der Waals surface area contributed by atoms with Crippen LogP contribution in [-0.2, 0) is 27.2 Å². The zero-order valence-corrected chi connectivity index (χ0v) is 12.5. The fourth-order valence-electron chi connectivity index (χ4n) is 2.64. The Kier molecular flexibility index (Phi) is 6.17. The maximum atomic E-state index is 11.4. The molecular weight excluding hydrogens is 270 g/mol. The van der Waals surface area contributed by atoms with Crippen molar-refractivity contribution in [2.75, 3.05) is 33.5 Å². The van der Waals surface area contributed by atoms with Crippen molar-refractivity contribution in [1.82, 2.24) is 4.90 Å². The smallest absolute Gasteiger partial charge is 0.321 e. The average Bonchev–Trinajstić information content (AvgIpc) is 2.49. The van der Waals surface area contributed by atoms with Crippen LogP contribution >= 0.6 is 0 Å². The van der Waals surface area contributed by atoms with E-state index < -0.39 is 12.0 Å². The van der Waals surface area contributed by atoms with E-state index in [1.807, 2.05) is 23.1 Å². The molecule has 0 aliphatic carbocycles. The minimum atomic E-state index is -0.760. The first-order valence-electron chi connectivity index (χ1n) is 7.32. The van der Waals surface area contributed by atoms with Gasteiger partial charge in [-0.15, -0.1) is 0 Å². The number of ether oxygens (including phenoxy) is 2. The molecule has 1 aromatic rings. The lowest BCUT2D eigenvalue weighted by molar-refractivity contribution is -0.144. The summed E-state index contributed by atoms with van der Waals surface area (Å²) in [7, 11) is 1.67. The Bertz CT molecular complexity index is 463. The van der Waals surface area contributed by atoms with Gasteiger partial charge in [-0.2, -0.15) is 0 Å². The topological polar surface area (TPSA) is 59.0 Å². The number of methoxy groups -OCH3 is 1. The Morgan fingerprint density at radius 1 is 1.29 bits per heavy atom. The van der Waals surface area contributed by atoms with Crippen molar-refractivity contribution in [3.63, 3.8) is 0 Å². The van der Waals surface area contributed by atoms with Crippen LogP contribution in [0.1, 0.15) is 17.5 Å². The van der Waals surface area contributed by atoms with Gasteiger partial charge in [0.1, 0.15) is 6.04 Å². The minimum Gasteiger partial charge on any atom is -0.480 e. The van der Waals surface area contributed by atoms with Crippen molar-refractivity contribution in [3.05, 3.63) is 35.4 Å². The van der Waals surface area contributed by atoms with Gasteiger partial charge < -0.3 is 14.6 Å². The minimum absolute atomic E-state index is 0.456. The molecule has 1 aliphatic heterocycles. The van der Waals surface area contributed by atoms with Crippen molar-refractivity contribution >= 4 is 5.97 Å². The summed E-state index contributed by atoms with van der Waals surface area (Å²) in [5.41, 5.74) is 2.36. The molecule has 116 valence electrons. The Morgan fingerprint density at radius 2 is 2.05 bits per heavy atom. The third kappa shape index (κ3) is 4.52. The Balaban J connectivity index is 1.87. The van der Waals surface area contributed by atoms with E-state index >= 15 is 0 Å². The Morgan fingerprint density at radius 3 is 2.76 bits per heavy atom. The number of carboxylic acids is 1. The van der Waals surface area contributed by atoms with Gasteiger partial charge in [-0.1, -0.05) is 24.3 Å². The van der Waals surface area contributed by atoms with Crippen LogP contribution in [0, 0.1) is 0 Å². The van der Waals surface area contributed by atoms with Gasteiger partial charge in [0.25, 0.3) is 0 Å². The summed E-state index contributed by atoms with van der Waals surface area (Å²) in [6.07, 6.45) is 1.43. The standard InChI is InChI=1S/C16H23NO4/c1-20-8-4-9-21-10-7-17-12-14-6-3-2-5-13(14)11-15(17)16(18)19/h2-3,5-6,15H,4,7-12H2,1H3,(H,18,19)/t15-/m0/s1. The van der Waals surface area contributed by atoms with Crippen LogP contribution in [0.4, 0.5) is 0 Å². The van der Waals surface area contributed by atoms with E-state index in [-0.39, 0.29) is 0 Å². The number of hydrogen-bond donors (Lipinski definition) is 1. The lowest BCUT2D eigenvalue weighted by Gasteiger charge is -2.34. The summed E-state index contributed by atoms with van der Waals surface area (Å²) < 4.78 is 10.5. The first kappa shape index (κ1) is 15.9. The summed E-state index contributed by atoms with van der Waals surface area (Å²) in [5.74, 6) is -0.760. The van der Waals surface area contributed by atoms with Crippen LogP contribution in [0.2, 0.25) is 0 Å². The van der Waals surface area contributed by atoms with E-state index in [9.17, 15) is 9.90 Å². The molecule has 1 atom stereocenters. The third-order valence-electron chi connectivity index (χ3n) is 3.79. The fraction of sp³-hybridized carbons (Fsp3) is 0.562. The van der Waals surface area contributed by atoms with Gasteiger partial charge in [-0.05, 0) is 24.0 Å². The zero-order valence-electron chi connectivity index (χ0n) is 12.5. The van der Waals surface area contributed by atoms with Crippen molar-refractivity contribution in [2.45, 2.75) is 25.4 Å². The molecule has 1 heterocycles. The van der Waals surface area contributed by atoms with E-state index in [2.05, 4.69) is 6.07 Å². The second-order valence-electron chi connectivity index (χ2n) is 5.26. The van der Waals surface area contributed by atoms with Gasteiger partial charge in [0.15, 0.2) is 0 Å². The third-order valence-corrected chi connectivity index (χ3v) is 3.79. The SMILES string of the molecule is COCCCOCCN1Cc2ccccc2C[C@H]1C(=O)O. The molecule has 21 heavy (non-hydrogen) atoms. The number of carbonyl (C=O) groups is 1. The second kappa shape index (κ2) is 8.12. The van der Waals surface area contributed by atoms with Crippen LogP contribution in [0.3, 0.4) is 0 Å². The first-order valence-corrected chi connectivity index (χ1v) is 7.32. The van der Waals surface area contributed by atoms with Crippen molar-refractivity contribution in [3.8, 4) is 0 Å². The second-order valence-corrected chi connectivity index (χ2v) is 5.26. The predicted octanol–water partition coefficient (Wildman–Crippen LogP) is 1.55. The normalized spacial score (nSPS) is 18.4. The molecule has 0 amide bonds. The molecule has 1 aromatic carbocycles. The molecule has 5 heteroatoms. The highest BCUT2D eigenvalue weighted by molar-refractivity contribution is 5.74. The average molecular weight is 293 g/mol. The summed E-state index contributed by atoms with van der Waals surface area (Å²) in [4.78, 5) is 13.4.